The quantitative estimate of drug-likeness (QED) is 0.488. The Morgan fingerprint density at radius 2 is 1.81 bits per heavy atom. The third kappa shape index (κ3) is 5.31. The molecule has 170 valence electrons. The van der Waals surface area contributed by atoms with Gasteiger partial charge < -0.3 is 5.32 Å². The number of aryl methyl sites for hydroxylation is 1. The van der Waals surface area contributed by atoms with E-state index in [9.17, 15) is 31.1 Å². The first-order valence-corrected chi connectivity index (χ1v) is 9.90. The van der Waals surface area contributed by atoms with Crippen LogP contribution in [0.4, 0.5) is 26.3 Å². The van der Waals surface area contributed by atoms with Crippen LogP contribution in [0.1, 0.15) is 65.3 Å². The van der Waals surface area contributed by atoms with E-state index in [1.807, 2.05) is 0 Å². The third-order valence-electron chi connectivity index (χ3n) is 5.22. The Morgan fingerprint density at radius 1 is 1.13 bits per heavy atom. The smallest absolute Gasteiger partial charge is 0.349 e. The summed E-state index contributed by atoms with van der Waals surface area (Å²) in [5.41, 5.74) is -2.74. The van der Waals surface area contributed by atoms with Crippen LogP contribution in [0.2, 0.25) is 5.02 Å². The van der Waals surface area contributed by atoms with Crippen molar-refractivity contribution in [3.05, 3.63) is 46.0 Å². The molecule has 1 amide bonds. The van der Waals surface area contributed by atoms with Crippen molar-refractivity contribution in [3.8, 4) is 0 Å². The normalized spacial score (nSPS) is 20.4. The van der Waals surface area contributed by atoms with Crippen LogP contribution in [0, 0.1) is 0 Å². The summed E-state index contributed by atoms with van der Waals surface area (Å²) in [6.07, 6.45) is -4.65. The number of nitrogens with one attached hydrogen (secondary N) is 1. The van der Waals surface area contributed by atoms with Crippen molar-refractivity contribution >= 4 is 17.5 Å². The molecule has 5 nitrogen and oxygen atoms in total. The van der Waals surface area contributed by atoms with Gasteiger partial charge in [0, 0.05) is 31.4 Å². The largest absolute Gasteiger partial charge is 0.435 e. The highest BCUT2D eigenvalue weighted by Gasteiger charge is 2.40. The van der Waals surface area contributed by atoms with Gasteiger partial charge in [0.05, 0.1) is 21.8 Å². The highest BCUT2D eigenvalue weighted by Crippen LogP contribution is 2.38. The van der Waals surface area contributed by atoms with Crippen LogP contribution >= 0.6 is 11.6 Å². The summed E-state index contributed by atoms with van der Waals surface area (Å²) in [7, 11) is 1.27. The SMILES string of the molecule is Cn1cc(C(=O)NC2CCCCCC2c2ncc(C(F)(F)F)cc2Cl)c(C(F)(F)F)n1. The maximum Gasteiger partial charge on any atom is 0.435 e. The molecule has 1 aliphatic rings. The van der Waals surface area contributed by atoms with E-state index in [1.54, 1.807) is 0 Å². The number of pyridine rings is 1. The Kier molecular flexibility index (Phi) is 6.54. The molecule has 2 atom stereocenters. The minimum Gasteiger partial charge on any atom is -0.349 e. The Labute approximate surface area is 178 Å². The van der Waals surface area contributed by atoms with Gasteiger partial charge >= 0.3 is 12.4 Å². The number of alkyl halides is 6. The molecule has 0 aliphatic heterocycles. The second-order valence-electron chi connectivity index (χ2n) is 7.48. The molecule has 2 heterocycles. The zero-order valence-corrected chi connectivity index (χ0v) is 17.1. The van der Waals surface area contributed by atoms with E-state index in [4.69, 9.17) is 11.6 Å². The molecule has 1 N–H and O–H groups in total. The van der Waals surface area contributed by atoms with Crippen molar-refractivity contribution in [1.29, 1.82) is 0 Å². The summed E-state index contributed by atoms with van der Waals surface area (Å²) in [6, 6.07) is 0.134. The molecule has 0 saturated heterocycles. The number of aromatic nitrogens is 3. The summed E-state index contributed by atoms with van der Waals surface area (Å²) < 4.78 is 79.3. The van der Waals surface area contributed by atoms with Gasteiger partial charge in [0.2, 0.25) is 0 Å². The van der Waals surface area contributed by atoms with Crippen molar-refractivity contribution in [3.63, 3.8) is 0 Å². The number of rotatable bonds is 3. The number of hydrogen-bond donors (Lipinski definition) is 1. The van der Waals surface area contributed by atoms with Crippen LogP contribution in [-0.4, -0.2) is 26.7 Å². The molecule has 12 heteroatoms. The van der Waals surface area contributed by atoms with Gasteiger partial charge in [-0.1, -0.05) is 30.9 Å². The topological polar surface area (TPSA) is 59.8 Å². The second-order valence-corrected chi connectivity index (χ2v) is 7.88. The lowest BCUT2D eigenvalue weighted by Gasteiger charge is -2.27. The summed E-state index contributed by atoms with van der Waals surface area (Å²) in [6.45, 7) is 0. The molecule has 0 bridgehead atoms. The van der Waals surface area contributed by atoms with Gasteiger partial charge in [-0.15, -0.1) is 0 Å². The van der Waals surface area contributed by atoms with E-state index >= 15 is 0 Å². The maximum absolute atomic E-state index is 13.2. The summed E-state index contributed by atoms with van der Waals surface area (Å²) in [5, 5.41) is 5.74. The van der Waals surface area contributed by atoms with Crippen LogP contribution in [0.5, 0.6) is 0 Å². The molecule has 1 saturated carbocycles. The summed E-state index contributed by atoms with van der Waals surface area (Å²) >= 11 is 6.09. The molecule has 3 rings (SSSR count). The van der Waals surface area contributed by atoms with E-state index in [-0.39, 0.29) is 10.7 Å². The Morgan fingerprint density at radius 3 is 2.42 bits per heavy atom. The average molecular weight is 469 g/mol. The van der Waals surface area contributed by atoms with Gasteiger partial charge in [0.25, 0.3) is 5.91 Å². The minimum absolute atomic E-state index is 0.184. The minimum atomic E-state index is -4.81. The lowest BCUT2D eigenvalue weighted by Crippen LogP contribution is -2.39. The van der Waals surface area contributed by atoms with Crippen molar-refractivity contribution in [2.45, 2.75) is 56.4 Å². The maximum atomic E-state index is 13.2. The Balaban J connectivity index is 1.90. The number of carbonyl (C=O) groups excluding carboxylic acids is 1. The van der Waals surface area contributed by atoms with Gasteiger partial charge in [0.1, 0.15) is 0 Å². The zero-order chi connectivity index (χ0) is 23.0. The van der Waals surface area contributed by atoms with Gasteiger partial charge in [0.15, 0.2) is 5.69 Å². The van der Waals surface area contributed by atoms with E-state index in [1.165, 1.54) is 7.05 Å². The van der Waals surface area contributed by atoms with E-state index in [2.05, 4.69) is 15.4 Å². The highest BCUT2D eigenvalue weighted by molar-refractivity contribution is 6.31. The fraction of sp³-hybridized carbons (Fsp3) is 0.526. The molecule has 2 aromatic rings. The fourth-order valence-corrected chi connectivity index (χ4v) is 4.10. The average Bonchev–Trinajstić information content (AvgIpc) is 2.92. The molecule has 1 fully saturated rings. The molecular formula is C19H19ClF6N4O. The number of carbonyl (C=O) groups is 1. The van der Waals surface area contributed by atoms with Gasteiger partial charge in [-0.25, -0.2) is 0 Å². The highest BCUT2D eigenvalue weighted by atomic mass is 35.5. The van der Waals surface area contributed by atoms with Gasteiger partial charge in [-0.2, -0.15) is 31.4 Å². The Bertz CT molecular complexity index is 956. The molecule has 2 aromatic heterocycles. The van der Waals surface area contributed by atoms with Gasteiger partial charge in [-0.05, 0) is 18.9 Å². The van der Waals surface area contributed by atoms with Crippen molar-refractivity contribution in [1.82, 2.24) is 20.1 Å². The zero-order valence-electron chi connectivity index (χ0n) is 16.3. The van der Waals surface area contributed by atoms with Gasteiger partial charge in [-0.3, -0.25) is 14.5 Å². The number of halogens is 7. The molecule has 0 aromatic carbocycles. The first-order chi connectivity index (χ1) is 14.4. The lowest BCUT2D eigenvalue weighted by molar-refractivity contribution is -0.141. The molecular weight excluding hydrogens is 450 g/mol. The predicted molar refractivity (Wildman–Crippen MR) is 99.5 cm³/mol. The number of hydrogen-bond acceptors (Lipinski definition) is 3. The first kappa shape index (κ1) is 23.4. The van der Waals surface area contributed by atoms with Crippen LogP contribution in [0.15, 0.2) is 18.5 Å². The first-order valence-electron chi connectivity index (χ1n) is 9.52. The van der Waals surface area contributed by atoms with Crippen LogP contribution in [0.3, 0.4) is 0 Å². The molecule has 2 unspecified atom stereocenters. The molecule has 1 aliphatic carbocycles. The summed E-state index contributed by atoms with van der Waals surface area (Å²) in [4.78, 5) is 16.6. The standard InChI is InChI=1S/C19H19ClF6N4O/c1-30-9-12(16(29-30)19(24,25)26)17(31)28-14-6-4-2-3-5-11(14)15-13(20)7-10(8-27-15)18(21,22)23/h7-9,11,14H,2-6H2,1H3,(H,28,31). The third-order valence-corrected chi connectivity index (χ3v) is 5.53. The molecule has 0 radical (unpaired) electrons. The van der Waals surface area contributed by atoms with E-state index in [0.717, 1.165) is 29.8 Å². The number of amides is 1. The lowest BCUT2D eigenvalue weighted by atomic mass is 9.90. The van der Waals surface area contributed by atoms with E-state index in [0.29, 0.717) is 25.5 Å². The fourth-order valence-electron chi connectivity index (χ4n) is 3.79. The second kappa shape index (κ2) is 8.68. The Hall–Kier alpha value is -2.30. The van der Waals surface area contributed by atoms with Crippen molar-refractivity contribution < 1.29 is 31.1 Å². The number of nitrogens with zero attached hydrogens (tertiary/aromatic N) is 3. The molecule has 0 spiro atoms. The van der Waals surface area contributed by atoms with Crippen LogP contribution < -0.4 is 5.32 Å². The summed E-state index contributed by atoms with van der Waals surface area (Å²) in [5.74, 6) is -1.49. The van der Waals surface area contributed by atoms with Crippen LogP contribution in [-0.2, 0) is 19.4 Å². The van der Waals surface area contributed by atoms with Crippen molar-refractivity contribution in [2.24, 2.45) is 7.05 Å². The predicted octanol–water partition coefficient (Wildman–Crippen LogP) is 5.35. The van der Waals surface area contributed by atoms with E-state index < -0.39 is 47.0 Å². The van der Waals surface area contributed by atoms with Crippen LogP contribution in [0.25, 0.3) is 0 Å². The monoisotopic (exact) mass is 468 g/mol. The molecule has 31 heavy (non-hydrogen) atoms. The van der Waals surface area contributed by atoms with Crippen molar-refractivity contribution in [2.75, 3.05) is 0 Å².